The molecule has 2 aliphatic rings. The summed E-state index contributed by atoms with van der Waals surface area (Å²) in [4.78, 5) is 38.3. The van der Waals surface area contributed by atoms with E-state index in [-0.39, 0.29) is 16.6 Å². The zero-order valence-electron chi connectivity index (χ0n) is 17.9. The van der Waals surface area contributed by atoms with Gasteiger partial charge in [-0.1, -0.05) is 34.9 Å². The fourth-order valence-corrected chi connectivity index (χ4v) is 7.83. The summed E-state index contributed by atoms with van der Waals surface area (Å²) >= 11 is 4.64. The second-order valence-electron chi connectivity index (χ2n) is 7.12. The Kier molecular flexibility index (Phi) is 7.54. The van der Waals surface area contributed by atoms with Gasteiger partial charge in [-0.3, -0.25) is 19.2 Å². The van der Waals surface area contributed by atoms with E-state index in [9.17, 15) is 27.9 Å². The molecule has 2 atom stereocenters. The summed E-state index contributed by atoms with van der Waals surface area (Å²) in [6.45, 7) is 0. The van der Waals surface area contributed by atoms with E-state index in [4.69, 9.17) is 0 Å². The van der Waals surface area contributed by atoms with Crippen molar-refractivity contribution in [3.8, 4) is 0 Å². The molecule has 15 nitrogen and oxygen atoms in total. The smallest absolute Gasteiger partial charge is 0.352 e. The van der Waals surface area contributed by atoms with Gasteiger partial charge in [0.1, 0.15) is 17.1 Å². The molecule has 3 N–H and O–H groups in total. The van der Waals surface area contributed by atoms with Crippen molar-refractivity contribution in [2.24, 2.45) is 7.05 Å². The predicted molar refractivity (Wildman–Crippen MR) is 128 cm³/mol. The van der Waals surface area contributed by atoms with Crippen molar-refractivity contribution < 1.29 is 27.9 Å². The van der Waals surface area contributed by atoms with E-state index in [0.717, 1.165) is 29.4 Å². The minimum atomic E-state index is -3.49. The van der Waals surface area contributed by atoms with Crippen molar-refractivity contribution in [3.05, 3.63) is 11.3 Å². The van der Waals surface area contributed by atoms with E-state index >= 15 is 0 Å². The first-order valence-corrected chi connectivity index (χ1v) is 15.2. The van der Waals surface area contributed by atoms with E-state index in [1.54, 1.807) is 7.05 Å². The van der Waals surface area contributed by atoms with E-state index in [0.29, 0.717) is 26.6 Å². The highest BCUT2D eigenvalue weighted by Gasteiger charge is 2.54. The Morgan fingerprint density at radius 2 is 2.03 bits per heavy atom. The Balaban J connectivity index is 1.34. The maximum Gasteiger partial charge on any atom is 0.352 e. The number of carboxylic acids is 1. The monoisotopic (exact) mass is 579 g/mol. The first-order chi connectivity index (χ1) is 16.5. The quantitative estimate of drug-likeness (QED) is 0.230. The molecule has 4 heterocycles. The molecule has 188 valence electrons. The van der Waals surface area contributed by atoms with Crippen molar-refractivity contribution in [2.45, 2.75) is 20.9 Å². The minimum absolute atomic E-state index is 0.0794. The normalized spacial score (nSPS) is 19.8. The van der Waals surface area contributed by atoms with Crippen LogP contribution in [-0.2, 0) is 31.5 Å². The fraction of sp³-hybridized carbons (Fsp3) is 0.467. The fourth-order valence-electron chi connectivity index (χ4n) is 3.10. The Bertz CT molecular complexity index is 1310. The van der Waals surface area contributed by atoms with Crippen LogP contribution < -0.4 is 10.0 Å². The molecule has 35 heavy (non-hydrogen) atoms. The number of rotatable bonds is 10. The summed E-state index contributed by atoms with van der Waals surface area (Å²) in [7, 11) is -1.82. The number of carbonyl (C=O) groups excluding carboxylic acids is 2. The lowest BCUT2D eigenvalue weighted by Crippen LogP contribution is -2.70. The van der Waals surface area contributed by atoms with Gasteiger partial charge in [-0.2, -0.15) is 0 Å². The van der Waals surface area contributed by atoms with Gasteiger partial charge >= 0.3 is 5.97 Å². The lowest BCUT2D eigenvalue weighted by atomic mass is 10.0. The standard InChI is InChI=1S/C15H17N9O6S5/c1-23-14(18-21-22-23)32-4-6-3-31-11-8(10(26)24(11)9(6)12(27)28)16-7(25)5-33-15-19-17-13(34-15)20-35(2,29)30/h8,11H,3-5H2,1-2H3,(H,16,25)(H,17,20)(H,27,28)/t8?,11-/m1/s1. The number of nitrogens with zero attached hydrogens (tertiary/aromatic N) is 7. The number of carbonyl (C=O) groups is 3. The van der Waals surface area contributed by atoms with Crippen molar-refractivity contribution >= 4 is 79.6 Å². The van der Waals surface area contributed by atoms with Crippen LogP contribution in [0.4, 0.5) is 5.13 Å². The number of aliphatic carboxylic acids is 1. The van der Waals surface area contributed by atoms with E-state index in [2.05, 4.69) is 35.8 Å². The Labute approximate surface area is 214 Å². The van der Waals surface area contributed by atoms with Crippen LogP contribution in [0, 0.1) is 0 Å². The van der Waals surface area contributed by atoms with Crippen LogP contribution >= 0.6 is 46.6 Å². The molecule has 1 fully saturated rings. The number of fused-ring (bicyclic) bond motifs is 1. The Hall–Kier alpha value is -2.42. The van der Waals surface area contributed by atoms with Crippen molar-refractivity contribution in [1.29, 1.82) is 0 Å². The number of β-lactam (4-membered cyclic amide) rings is 1. The van der Waals surface area contributed by atoms with Crippen LogP contribution in [0.2, 0.25) is 0 Å². The highest BCUT2D eigenvalue weighted by molar-refractivity contribution is 8.01. The van der Waals surface area contributed by atoms with Gasteiger partial charge in [-0.05, 0) is 16.0 Å². The SMILES string of the molecule is Cn1nnnc1SCC1=C(C(=O)O)N2C(=O)C(NC(=O)CSc3nnc(NS(C)(=O)=O)s3)[C@H]2SC1. The zero-order valence-corrected chi connectivity index (χ0v) is 22.0. The number of sulfonamides is 1. The summed E-state index contributed by atoms with van der Waals surface area (Å²) in [6, 6.07) is -0.850. The molecular formula is C15H17N9O6S5. The molecule has 1 saturated heterocycles. The van der Waals surface area contributed by atoms with Crippen LogP contribution in [0.1, 0.15) is 0 Å². The molecule has 0 radical (unpaired) electrons. The summed E-state index contributed by atoms with van der Waals surface area (Å²) in [6.07, 6.45) is 0.985. The maximum absolute atomic E-state index is 12.8. The number of tetrazole rings is 1. The molecule has 0 aromatic carbocycles. The van der Waals surface area contributed by atoms with Crippen molar-refractivity contribution in [1.82, 2.24) is 40.6 Å². The second kappa shape index (κ2) is 10.3. The Morgan fingerprint density at radius 3 is 2.69 bits per heavy atom. The number of aryl methyl sites for hydroxylation is 1. The first kappa shape index (κ1) is 25.7. The van der Waals surface area contributed by atoms with Crippen LogP contribution in [0.5, 0.6) is 0 Å². The minimum Gasteiger partial charge on any atom is -0.477 e. The molecule has 1 unspecified atom stereocenters. The largest absolute Gasteiger partial charge is 0.477 e. The highest BCUT2D eigenvalue weighted by atomic mass is 32.2. The molecule has 2 amide bonds. The number of carboxylic acid groups (broad SMARTS) is 1. The average molecular weight is 580 g/mol. The molecule has 4 rings (SSSR count). The molecule has 2 aromatic heterocycles. The number of thioether (sulfide) groups is 3. The van der Waals surface area contributed by atoms with Crippen LogP contribution in [-0.4, -0.2) is 102 Å². The van der Waals surface area contributed by atoms with Gasteiger partial charge in [0.05, 0.1) is 12.0 Å². The molecule has 20 heteroatoms. The Morgan fingerprint density at radius 1 is 1.26 bits per heavy atom. The van der Waals surface area contributed by atoms with Gasteiger partial charge < -0.3 is 10.4 Å². The van der Waals surface area contributed by atoms with Gasteiger partial charge in [0.25, 0.3) is 5.91 Å². The number of hydrogen-bond acceptors (Lipinski definition) is 14. The van der Waals surface area contributed by atoms with Gasteiger partial charge in [-0.15, -0.1) is 27.1 Å². The third-order valence-corrected chi connectivity index (χ3v) is 9.63. The summed E-state index contributed by atoms with van der Waals surface area (Å²) in [5, 5.41) is 31.1. The van der Waals surface area contributed by atoms with Gasteiger partial charge in [0.15, 0.2) is 4.34 Å². The van der Waals surface area contributed by atoms with Crippen LogP contribution in [0.25, 0.3) is 0 Å². The number of hydrogen-bond donors (Lipinski definition) is 3. The number of amides is 2. The van der Waals surface area contributed by atoms with Crippen LogP contribution in [0.15, 0.2) is 20.8 Å². The zero-order chi connectivity index (χ0) is 25.3. The van der Waals surface area contributed by atoms with E-state index in [1.165, 1.54) is 33.1 Å². The summed E-state index contributed by atoms with van der Waals surface area (Å²) in [5.74, 6) is -1.58. The number of nitrogens with one attached hydrogen (secondary N) is 2. The third kappa shape index (κ3) is 5.88. The summed E-state index contributed by atoms with van der Waals surface area (Å²) < 4.78 is 26.5. The average Bonchev–Trinajstić information content (AvgIpc) is 3.40. The molecule has 2 aromatic rings. The van der Waals surface area contributed by atoms with E-state index in [1.807, 2.05) is 0 Å². The van der Waals surface area contributed by atoms with Gasteiger partial charge in [-0.25, -0.2) is 17.9 Å². The molecular weight excluding hydrogens is 563 g/mol. The molecule has 0 spiro atoms. The van der Waals surface area contributed by atoms with E-state index < -0.39 is 39.2 Å². The maximum atomic E-state index is 12.8. The van der Waals surface area contributed by atoms with Gasteiger partial charge in [0, 0.05) is 18.6 Å². The van der Waals surface area contributed by atoms with Crippen molar-refractivity contribution in [2.75, 3.05) is 28.2 Å². The third-order valence-electron chi connectivity index (χ3n) is 4.53. The number of anilines is 1. The lowest BCUT2D eigenvalue weighted by molar-refractivity contribution is -0.150. The molecule has 2 aliphatic heterocycles. The topological polar surface area (TPSA) is 202 Å². The first-order valence-electron chi connectivity index (χ1n) is 9.52. The van der Waals surface area contributed by atoms with Crippen LogP contribution in [0.3, 0.4) is 0 Å². The molecule has 0 aliphatic carbocycles. The molecule has 0 saturated carbocycles. The highest BCUT2D eigenvalue weighted by Crippen LogP contribution is 2.41. The summed E-state index contributed by atoms with van der Waals surface area (Å²) in [5.41, 5.74) is 0.483. The molecule has 0 bridgehead atoms. The van der Waals surface area contributed by atoms with Gasteiger partial charge in [0.2, 0.25) is 26.2 Å². The predicted octanol–water partition coefficient (Wildman–Crippen LogP) is -0.944. The van der Waals surface area contributed by atoms with Crippen molar-refractivity contribution in [3.63, 3.8) is 0 Å². The second-order valence-corrected chi connectivity index (χ2v) is 13.1. The number of aromatic nitrogens is 6. The lowest BCUT2D eigenvalue weighted by Gasteiger charge is -2.49.